The molecule has 3 aliphatic heterocycles. The Labute approximate surface area is 200 Å². The first-order valence-electron chi connectivity index (χ1n) is 12.6. The zero-order valence-electron chi connectivity index (χ0n) is 19.7. The topological polar surface area (TPSA) is 61.8 Å². The van der Waals surface area contributed by atoms with Crippen molar-refractivity contribution in [2.45, 2.75) is 32.1 Å². The minimum atomic E-state index is -0.366. The summed E-state index contributed by atoms with van der Waals surface area (Å²) >= 11 is 0. The Morgan fingerprint density at radius 2 is 1.50 bits per heavy atom. The van der Waals surface area contributed by atoms with Gasteiger partial charge in [-0.3, -0.25) is 4.79 Å². The van der Waals surface area contributed by atoms with E-state index in [9.17, 15) is 4.79 Å². The molecule has 3 aliphatic rings. The van der Waals surface area contributed by atoms with Crippen molar-refractivity contribution in [1.82, 2.24) is 14.9 Å². The molecule has 0 aliphatic carbocycles. The van der Waals surface area contributed by atoms with Crippen LogP contribution in [0.1, 0.15) is 31.2 Å². The summed E-state index contributed by atoms with van der Waals surface area (Å²) in [5.41, 5.74) is 1.38. The minimum Gasteiger partial charge on any atom is -0.378 e. The fourth-order valence-electron chi connectivity index (χ4n) is 5.47. The van der Waals surface area contributed by atoms with Crippen molar-refractivity contribution in [2.75, 3.05) is 62.3 Å². The molecule has 5 rings (SSSR count). The van der Waals surface area contributed by atoms with Gasteiger partial charge in [0.15, 0.2) is 11.6 Å². The molecule has 182 valence electrons. The maximum atomic E-state index is 15.3. The molecule has 1 aromatic carbocycles. The number of hydrogen-bond donors (Lipinski definition) is 0. The lowest BCUT2D eigenvalue weighted by Gasteiger charge is -2.38. The summed E-state index contributed by atoms with van der Waals surface area (Å²) in [5.74, 6) is 1.28. The van der Waals surface area contributed by atoms with Crippen LogP contribution in [0.4, 0.5) is 16.0 Å². The van der Waals surface area contributed by atoms with Crippen LogP contribution < -0.4 is 9.80 Å². The van der Waals surface area contributed by atoms with E-state index in [4.69, 9.17) is 4.74 Å². The number of benzene rings is 1. The van der Waals surface area contributed by atoms with Crippen LogP contribution in [0.5, 0.6) is 0 Å². The van der Waals surface area contributed by atoms with E-state index in [-0.39, 0.29) is 17.6 Å². The quantitative estimate of drug-likeness (QED) is 0.673. The number of piperidine rings is 2. The number of halogens is 1. The SMILES string of the molecule is O=C(C1CCN(c2ncnc(N3CCOCC3)c2F)CC1)N1CCC(Cc2ccccc2)CC1. The average Bonchev–Trinajstić information content (AvgIpc) is 2.90. The highest BCUT2D eigenvalue weighted by molar-refractivity contribution is 5.79. The monoisotopic (exact) mass is 467 g/mol. The fourth-order valence-corrected chi connectivity index (χ4v) is 5.47. The van der Waals surface area contributed by atoms with Crippen molar-refractivity contribution in [3.05, 3.63) is 48.0 Å². The number of rotatable bonds is 5. The Morgan fingerprint density at radius 3 is 2.15 bits per heavy atom. The van der Waals surface area contributed by atoms with E-state index in [1.54, 1.807) is 0 Å². The lowest BCUT2D eigenvalue weighted by molar-refractivity contribution is -0.137. The van der Waals surface area contributed by atoms with E-state index >= 15 is 4.39 Å². The van der Waals surface area contributed by atoms with Gasteiger partial charge in [-0.2, -0.15) is 4.39 Å². The van der Waals surface area contributed by atoms with Gasteiger partial charge in [0.25, 0.3) is 0 Å². The third-order valence-electron chi connectivity index (χ3n) is 7.50. The van der Waals surface area contributed by atoms with Gasteiger partial charge in [0.1, 0.15) is 6.33 Å². The van der Waals surface area contributed by atoms with Gasteiger partial charge >= 0.3 is 0 Å². The number of nitrogens with zero attached hydrogens (tertiary/aromatic N) is 5. The Bertz CT molecular complexity index is 953. The van der Waals surface area contributed by atoms with Crippen LogP contribution in [0.3, 0.4) is 0 Å². The molecule has 1 amide bonds. The molecule has 0 unspecified atom stereocenters. The van der Waals surface area contributed by atoms with Gasteiger partial charge in [-0.1, -0.05) is 30.3 Å². The van der Waals surface area contributed by atoms with Crippen molar-refractivity contribution >= 4 is 17.5 Å². The summed E-state index contributed by atoms with van der Waals surface area (Å²) in [4.78, 5) is 27.6. The molecule has 0 saturated carbocycles. The first kappa shape index (κ1) is 23.0. The normalized spacial score (nSPS) is 20.6. The molecular weight excluding hydrogens is 433 g/mol. The van der Waals surface area contributed by atoms with Gasteiger partial charge in [0.2, 0.25) is 11.7 Å². The smallest absolute Gasteiger partial charge is 0.225 e. The minimum absolute atomic E-state index is 0.0190. The molecule has 8 heteroatoms. The highest BCUT2D eigenvalue weighted by Crippen LogP contribution is 2.30. The van der Waals surface area contributed by atoms with E-state index in [1.807, 2.05) is 9.80 Å². The lowest BCUT2D eigenvalue weighted by atomic mass is 9.88. The molecule has 4 heterocycles. The standard InChI is InChI=1S/C26H34FN5O2/c27-23-24(28-19-29-25(23)31-14-16-34-17-15-31)30-12-8-22(9-13-30)26(33)32-10-6-21(7-11-32)18-20-4-2-1-3-5-20/h1-5,19,21-22H,6-18H2. The summed E-state index contributed by atoms with van der Waals surface area (Å²) in [7, 11) is 0. The van der Waals surface area contributed by atoms with Crippen LogP contribution in [0.25, 0.3) is 0 Å². The number of carbonyl (C=O) groups excluding carboxylic acids is 1. The molecule has 3 saturated heterocycles. The molecular formula is C26H34FN5O2. The number of ether oxygens (including phenoxy) is 1. The number of amides is 1. The van der Waals surface area contributed by atoms with Gasteiger partial charge in [0, 0.05) is 45.2 Å². The van der Waals surface area contributed by atoms with Gasteiger partial charge in [-0.05, 0) is 43.6 Å². The summed E-state index contributed by atoms with van der Waals surface area (Å²) in [6.45, 7) is 5.39. The van der Waals surface area contributed by atoms with Crippen LogP contribution in [0.15, 0.2) is 36.7 Å². The lowest BCUT2D eigenvalue weighted by Crippen LogP contribution is -2.46. The van der Waals surface area contributed by atoms with Crippen LogP contribution in [-0.4, -0.2) is 73.3 Å². The van der Waals surface area contributed by atoms with Gasteiger partial charge < -0.3 is 19.4 Å². The molecule has 1 aromatic heterocycles. The van der Waals surface area contributed by atoms with E-state index in [0.29, 0.717) is 56.9 Å². The molecule has 3 fully saturated rings. The van der Waals surface area contributed by atoms with E-state index in [1.165, 1.54) is 11.9 Å². The van der Waals surface area contributed by atoms with Crippen molar-refractivity contribution in [3.63, 3.8) is 0 Å². The van der Waals surface area contributed by atoms with Crippen LogP contribution in [0, 0.1) is 17.7 Å². The number of anilines is 2. The molecule has 0 atom stereocenters. The Kier molecular flexibility index (Phi) is 7.23. The predicted molar refractivity (Wildman–Crippen MR) is 129 cm³/mol. The molecule has 0 N–H and O–H groups in total. The van der Waals surface area contributed by atoms with Crippen molar-refractivity contribution in [2.24, 2.45) is 11.8 Å². The third-order valence-corrected chi connectivity index (χ3v) is 7.50. The number of aromatic nitrogens is 2. The van der Waals surface area contributed by atoms with Gasteiger partial charge in [-0.25, -0.2) is 9.97 Å². The summed E-state index contributed by atoms with van der Waals surface area (Å²) in [5, 5.41) is 0. The summed E-state index contributed by atoms with van der Waals surface area (Å²) < 4.78 is 20.6. The zero-order chi connectivity index (χ0) is 23.3. The fraction of sp³-hybridized carbons (Fsp3) is 0.577. The number of morpholine rings is 1. The number of carbonyl (C=O) groups is 1. The molecule has 34 heavy (non-hydrogen) atoms. The predicted octanol–water partition coefficient (Wildman–Crippen LogP) is 3.15. The first-order valence-corrected chi connectivity index (χ1v) is 12.6. The van der Waals surface area contributed by atoms with Gasteiger partial charge in [0.05, 0.1) is 13.2 Å². The second-order valence-corrected chi connectivity index (χ2v) is 9.65. The zero-order valence-corrected chi connectivity index (χ0v) is 19.7. The highest BCUT2D eigenvalue weighted by Gasteiger charge is 2.32. The summed E-state index contributed by atoms with van der Waals surface area (Å²) in [6.07, 6.45) is 6.14. The summed E-state index contributed by atoms with van der Waals surface area (Å²) in [6, 6.07) is 10.6. The molecule has 0 bridgehead atoms. The van der Waals surface area contributed by atoms with E-state index < -0.39 is 0 Å². The average molecular weight is 468 g/mol. The highest BCUT2D eigenvalue weighted by atomic mass is 19.1. The van der Waals surface area contributed by atoms with E-state index in [2.05, 4.69) is 45.2 Å². The van der Waals surface area contributed by atoms with Crippen molar-refractivity contribution < 1.29 is 13.9 Å². The molecule has 7 nitrogen and oxygen atoms in total. The molecule has 0 radical (unpaired) electrons. The maximum Gasteiger partial charge on any atom is 0.225 e. The second-order valence-electron chi connectivity index (χ2n) is 9.65. The largest absolute Gasteiger partial charge is 0.378 e. The Morgan fingerprint density at radius 1 is 0.882 bits per heavy atom. The Balaban J connectivity index is 1.13. The van der Waals surface area contributed by atoms with Crippen LogP contribution >= 0.6 is 0 Å². The first-order chi connectivity index (χ1) is 16.7. The van der Waals surface area contributed by atoms with Crippen molar-refractivity contribution in [3.8, 4) is 0 Å². The van der Waals surface area contributed by atoms with Gasteiger partial charge in [-0.15, -0.1) is 0 Å². The van der Waals surface area contributed by atoms with E-state index in [0.717, 1.165) is 45.2 Å². The molecule has 2 aromatic rings. The second kappa shape index (κ2) is 10.7. The number of hydrogen-bond acceptors (Lipinski definition) is 6. The molecule has 0 spiro atoms. The van der Waals surface area contributed by atoms with Crippen molar-refractivity contribution in [1.29, 1.82) is 0 Å². The van der Waals surface area contributed by atoms with Crippen LogP contribution in [0.2, 0.25) is 0 Å². The maximum absolute atomic E-state index is 15.3. The van der Waals surface area contributed by atoms with Crippen LogP contribution in [-0.2, 0) is 16.0 Å². The Hall–Kier alpha value is -2.74. The third kappa shape index (κ3) is 5.17. The number of likely N-dealkylation sites (tertiary alicyclic amines) is 1.